The molecule has 112 valence electrons. The van der Waals surface area contributed by atoms with Crippen LogP contribution in [0.5, 0.6) is 0 Å². The van der Waals surface area contributed by atoms with Crippen molar-refractivity contribution >= 4 is 5.91 Å². The quantitative estimate of drug-likeness (QED) is 0.870. The van der Waals surface area contributed by atoms with Crippen LogP contribution in [0.3, 0.4) is 0 Å². The Morgan fingerprint density at radius 3 is 2.19 bits per heavy atom. The minimum Gasteiger partial charge on any atom is -0.347 e. The van der Waals surface area contributed by atoms with E-state index in [1.54, 1.807) is 0 Å². The third-order valence-corrected chi connectivity index (χ3v) is 6.05. The molecule has 4 bridgehead atoms. The van der Waals surface area contributed by atoms with Crippen molar-refractivity contribution < 1.29 is 4.79 Å². The molecule has 1 aromatic carbocycles. The lowest BCUT2D eigenvalue weighted by Crippen LogP contribution is -2.55. The number of hydrogen-bond donors (Lipinski definition) is 1. The second-order valence-corrected chi connectivity index (χ2v) is 7.86. The van der Waals surface area contributed by atoms with Crippen LogP contribution in [-0.4, -0.2) is 11.4 Å². The van der Waals surface area contributed by atoms with Gasteiger partial charge in [0.25, 0.3) is 5.91 Å². The highest BCUT2D eigenvalue weighted by atomic mass is 16.1. The van der Waals surface area contributed by atoms with Gasteiger partial charge in [0.15, 0.2) is 0 Å². The molecule has 1 aromatic rings. The Labute approximate surface area is 127 Å². The first-order valence-electron chi connectivity index (χ1n) is 8.51. The summed E-state index contributed by atoms with van der Waals surface area (Å²) in [5, 5.41) is 3.46. The lowest BCUT2D eigenvalue weighted by atomic mass is 9.63. The molecule has 4 fully saturated rings. The van der Waals surface area contributed by atoms with Crippen LogP contribution >= 0.6 is 0 Å². The summed E-state index contributed by atoms with van der Waals surface area (Å²) in [6.45, 7) is 2.06. The lowest BCUT2D eigenvalue weighted by molar-refractivity contribution is 0.0584. The fourth-order valence-corrected chi connectivity index (χ4v) is 5.36. The maximum absolute atomic E-state index is 12.6. The Bertz CT molecular complexity index is 531. The van der Waals surface area contributed by atoms with Gasteiger partial charge in [0.05, 0.1) is 0 Å². The van der Waals surface area contributed by atoms with Crippen molar-refractivity contribution in [2.45, 2.75) is 57.4 Å². The van der Waals surface area contributed by atoms with Gasteiger partial charge in [-0.05, 0) is 68.9 Å². The fourth-order valence-electron chi connectivity index (χ4n) is 5.36. The number of hydrogen-bond acceptors (Lipinski definition) is 1. The standard InChI is InChI=1S/C19H25NO/c1-13-2-6-17(7-3-13)18(21)20-19-10-14-4-5-15(11-19)9-16(8-14)12-19/h2-3,6-7,14-16H,4-5,8-12H2,1H3,(H,20,21). The zero-order chi connectivity index (χ0) is 14.4. The zero-order valence-corrected chi connectivity index (χ0v) is 12.9. The summed E-state index contributed by atoms with van der Waals surface area (Å²) >= 11 is 0. The van der Waals surface area contributed by atoms with Crippen molar-refractivity contribution in [3.8, 4) is 0 Å². The second kappa shape index (κ2) is 4.86. The molecule has 5 rings (SSSR count). The molecule has 2 unspecified atom stereocenters. The van der Waals surface area contributed by atoms with Crippen molar-refractivity contribution in [2.24, 2.45) is 17.8 Å². The molecule has 4 aliphatic carbocycles. The Balaban J connectivity index is 1.55. The number of rotatable bonds is 2. The van der Waals surface area contributed by atoms with Crippen molar-refractivity contribution in [3.05, 3.63) is 35.4 Å². The predicted octanol–water partition coefficient (Wildman–Crippen LogP) is 4.08. The van der Waals surface area contributed by atoms with Gasteiger partial charge in [0.2, 0.25) is 0 Å². The summed E-state index contributed by atoms with van der Waals surface area (Å²) in [4.78, 5) is 12.6. The van der Waals surface area contributed by atoms with Crippen LogP contribution in [0.2, 0.25) is 0 Å². The van der Waals surface area contributed by atoms with E-state index < -0.39 is 0 Å². The minimum atomic E-state index is 0.106. The first kappa shape index (κ1) is 13.4. The number of fused-ring (bicyclic) bond motifs is 1. The SMILES string of the molecule is Cc1ccc(C(=O)NC23CC4CCC(CC(C4)C2)C3)cc1. The highest BCUT2D eigenvalue weighted by molar-refractivity contribution is 5.94. The van der Waals surface area contributed by atoms with Crippen LogP contribution in [0.25, 0.3) is 0 Å². The van der Waals surface area contributed by atoms with E-state index in [4.69, 9.17) is 0 Å². The number of carbonyl (C=O) groups is 1. The van der Waals surface area contributed by atoms with Gasteiger partial charge in [-0.15, -0.1) is 0 Å². The van der Waals surface area contributed by atoms with E-state index in [9.17, 15) is 4.79 Å². The molecule has 1 amide bonds. The van der Waals surface area contributed by atoms with Crippen LogP contribution in [0.4, 0.5) is 0 Å². The molecule has 21 heavy (non-hydrogen) atoms. The topological polar surface area (TPSA) is 29.1 Å². The number of carbonyl (C=O) groups excluding carboxylic acids is 1. The van der Waals surface area contributed by atoms with Gasteiger partial charge < -0.3 is 5.32 Å². The minimum absolute atomic E-state index is 0.106. The van der Waals surface area contributed by atoms with Crippen LogP contribution in [0.15, 0.2) is 24.3 Å². The number of aryl methyl sites for hydroxylation is 1. The molecule has 0 aromatic heterocycles. The summed E-state index contributed by atoms with van der Waals surface area (Å²) < 4.78 is 0. The van der Waals surface area contributed by atoms with Crippen LogP contribution in [-0.2, 0) is 0 Å². The Morgan fingerprint density at radius 2 is 1.57 bits per heavy atom. The second-order valence-electron chi connectivity index (χ2n) is 7.86. The van der Waals surface area contributed by atoms with E-state index in [0.29, 0.717) is 0 Å². The molecule has 0 spiro atoms. The molecule has 2 heteroatoms. The lowest BCUT2D eigenvalue weighted by Gasteiger charge is -2.48. The third-order valence-electron chi connectivity index (χ3n) is 6.05. The van der Waals surface area contributed by atoms with Gasteiger partial charge in [-0.25, -0.2) is 0 Å². The fraction of sp³-hybridized carbons (Fsp3) is 0.632. The number of nitrogens with one attached hydrogen (secondary N) is 1. The first-order valence-corrected chi connectivity index (χ1v) is 8.51. The molecule has 0 radical (unpaired) electrons. The van der Waals surface area contributed by atoms with Gasteiger partial charge in [-0.2, -0.15) is 0 Å². The Kier molecular flexibility index (Phi) is 3.09. The van der Waals surface area contributed by atoms with Crippen molar-refractivity contribution in [1.82, 2.24) is 5.32 Å². The molecule has 0 heterocycles. The zero-order valence-electron chi connectivity index (χ0n) is 12.9. The highest BCUT2D eigenvalue weighted by Gasteiger charge is 2.49. The molecule has 0 saturated heterocycles. The molecule has 2 nitrogen and oxygen atoms in total. The number of amides is 1. The van der Waals surface area contributed by atoms with Gasteiger partial charge >= 0.3 is 0 Å². The van der Waals surface area contributed by atoms with E-state index >= 15 is 0 Å². The van der Waals surface area contributed by atoms with E-state index in [-0.39, 0.29) is 11.4 Å². The van der Waals surface area contributed by atoms with Crippen LogP contribution in [0, 0.1) is 24.7 Å². The van der Waals surface area contributed by atoms with E-state index in [0.717, 1.165) is 23.3 Å². The molecule has 0 aliphatic heterocycles. The van der Waals surface area contributed by atoms with Crippen molar-refractivity contribution in [1.29, 1.82) is 0 Å². The molecule has 4 saturated carbocycles. The van der Waals surface area contributed by atoms with E-state index in [1.807, 2.05) is 24.3 Å². The highest BCUT2D eigenvalue weighted by Crippen LogP contribution is 2.53. The maximum Gasteiger partial charge on any atom is 0.251 e. The van der Waals surface area contributed by atoms with E-state index in [2.05, 4.69) is 12.2 Å². The Morgan fingerprint density at radius 1 is 1.00 bits per heavy atom. The predicted molar refractivity (Wildman–Crippen MR) is 84.2 cm³/mol. The summed E-state index contributed by atoms with van der Waals surface area (Å²) in [5.41, 5.74) is 2.13. The van der Waals surface area contributed by atoms with Gasteiger partial charge in [0, 0.05) is 11.1 Å². The molecule has 4 aliphatic rings. The van der Waals surface area contributed by atoms with Crippen LogP contribution in [0.1, 0.15) is 60.9 Å². The average molecular weight is 283 g/mol. The molecule has 1 N–H and O–H groups in total. The third kappa shape index (κ3) is 2.49. The van der Waals surface area contributed by atoms with Crippen LogP contribution < -0.4 is 5.32 Å². The van der Waals surface area contributed by atoms with Gasteiger partial charge in [0.1, 0.15) is 0 Å². The van der Waals surface area contributed by atoms with E-state index in [1.165, 1.54) is 50.5 Å². The molecular weight excluding hydrogens is 258 g/mol. The molecular formula is C19H25NO. The molecule has 2 atom stereocenters. The summed E-state index contributed by atoms with van der Waals surface area (Å²) in [5.74, 6) is 2.71. The number of benzene rings is 1. The average Bonchev–Trinajstić information content (AvgIpc) is 2.65. The monoisotopic (exact) mass is 283 g/mol. The summed E-state index contributed by atoms with van der Waals surface area (Å²) in [6.07, 6.45) is 9.27. The Hall–Kier alpha value is -1.31. The van der Waals surface area contributed by atoms with Crippen molar-refractivity contribution in [3.63, 3.8) is 0 Å². The van der Waals surface area contributed by atoms with Gasteiger partial charge in [-0.1, -0.05) is 30.5 Å². The largest absolute Gasteiger partial charge is 0.347 e. The van der Waals surface area contributed by atoms with Crippen molar-refractivity contribution in [2.75, 3.05) is 0 Å². The summed E-state index contributed by atoms with van der Waals surface area (Å²) in [6, 6.07) is 7.97. The summed E-state index contributed by atoms with van der Waals surface area (Å²) in [7, 11) is 0. The normalized spacial score (nSPS) is 37.3. The first-order chi connectivity index (χ1) is 10.1. The maximum atomic E-state index is 12.6. The van der Waals surface area contributed by atoms with Gasteiger partial charge in [-0.3, -0.25) is 4.79 Å². The smallest absolute Gasteiger partial charge is 0.251 e.